The topological polar surface area (TPSA) is 63.9 Å². The Morgan fingerprint density at radius 2 is 1.85 bits per heavy atom. The molecule has 2 aliphatic rings. The van der Waals surface area contributed by atoms with Crippen molar-refractivity contribution in [3.8, 4) is 16.9 Å². The number of hydrogen-bond acceptors (Lipinski definition) is 3. The smallest absolute Gasteiger partial charge is 0.153 e. The first-order valence-corrected chi connectivity index (χ1v) is 7.24. The minimum atomic E-state index is 0.598. The van der Waals surface area contributed by atoms with Gasteiger partial charge in [0.15, 0.2) is 5.82 Å². The summed E-state index contributed by atoms with van der Waals surface area (Å²) in [6, 6.07) is 8.05. The Labute approximate surface area is 118 Å². The van der Waals surface area contributed by atoms with Crippen LogP contribution in [0.2, 0.25) is 0 Å². The number of nitrogens with two attached hydrogens (primary N) is 1. The molecule has 4 heteroatoms. The van der Waals surface area contributed by atoms with Crippen LogP contribution in [0.1, 0.15) is 30.9 Å². The van der Waals surface area contributed by atoms with E-state index in [1.165, 1.54) is 25.0 Å². The highest BCUT2D eigenvalue weighted by Crippen LogP contribution is 2.58. The number of nitrogen functional groups attached to an aromatic ring is 1. The van der Waals surface area contributed by atoms with Gasteiger partial charge in [-0.15, -0.1) is 0 Å². The molecule has 4 nitrogen and oxygen atoms in total. The van der Waals surface area contributed by atoms with Gasteiger partial charge in [-0.3, -0.25) is 5.10 Å². The molecule has 3 N–H and O–H groups in total. The van der Waals surface area contributed by atoms with Crippen molar-refractivity contribution in [2.45, 2.75) is 25.2 Å². The molecule has 0 radical (unpaired) electrons. The number of benzene rings is 1. The molecule has 2 atom stereocenters. The van der Waals surface area contributed by atoms with Crippen molar-refractivity contribution in [3.05, 3.63) is 30.0 Å². The van der Waals surface area contributed by atoms with Crippen LogP contribution in [0.4, 0.5) is 5.82 Å². The Morgan fingerprint density at radius 1 is 1.15 bits per heavy atom. The van der Waals surface area contributed by atoms with E-state index in [9.17, 15) is 0 Å². The molecular weight excluding hydrogens is 250 g/mol. The Balaban J connectivity index is 1.70. The fourth-order valence-electron chi connectivity index (χ4n) is 3.68. The predicted molar refractivity (Wildman–Crippen MR) is 78.6 cm³/mol. The number of aromatic nitrogens is 2. The van der Waals surface area contributed by atoms with E-state index in [0.29, 0.717) is 11.7 Å². The highest BCUT2D eigenvalue weighted by atomic mass is 16.5. The van der Waals surface area contributed by atoms with Crippen LogP contribution in [0, 0.1) is 11.8 Å². The van der Waals surface area contributed by atoms with Gasteiger partial charge in [-0.1, -0.05) is 12.1 Å². The van der Waals surface area contributed by atoms with Crippen molar-refractivity contribution in [1.29, 1.82) is 0 Å². The number of rotatable bonds is 3. The van der Waals surface area contributed by atoms with Crippen LogP contribution in [0.3, 0.4) is 0 Å². The largest absolute Gasteiger partial charge is 0.497 e. The van der Waals surface area contributed by atoms with Crippen LogP contribution < -0.4 is 10.5 Å². The summed E-state index contributed by atoms with van der Waals surface area (Å²) in [6.45, 7) is 0. The first-order chi connectivity index (χ1) is 9.76. The Morgan fingerprint density at radius 3 is 2.50 bits per heavy atom. The van der Waals surface area contributed by atoms with Crippen LogP contribution in [0.5, 0.6) is 5.75 Å². The van der Waals surface area contributed by atoms with Crippen molar-refractivity contribution in [1.82, 2.24) is 10.2 Å². The molecule has 2 fully saturated rings. The number of nitrogens with zero attached hydrogens (tertiary/aromatic N) is 1. The van der Waals surface area contributed by atoms with E-state index in [4.69, 9.17) is 10.5 Å². The van der Waals surface area contributed by atoms with Gasteiger partial charge in [0.05, 0.1) is 7.11 Å². The second-order valence-electron chi connectivity index (χ2n) is 6.05. The summed E-state index contributed by atoms with van der Waals surface area (Å²) in [5, 5.41) is 7.42. The molecule has 1 aromatic heterocycles. The van der Waals surface area contributed by atoms with Gasteiger partial charge in [0.25, 0.3) is 0 Å². The van der Waals surface area contributed by atoms with Crippen LogP contribution in [0.15, 0.2) is 24.3 Å². The van der Waals surface area contributed by atoms with E-state index in [-0.39, 0.29) is 0 Å². The monoisotopic (exact) mass is 269 g/mol. The third kappa shape index (κ3) is 1.79. The molecule has 1 aromatic carbocycles. The fraction of sp³-hybridized carbons (Fsp3) is 0.438. The van der Waals surface area contributed by atoms with E-state index in [1.807, 2.05) is 12.1 Å². The zero-order valence-corrected chi connectivity index (χ0v) is 11.6. The van der Waals surface area contributed by atoms with Gasteiger partial charge < -0.3 is 10.5 Å². The van der Waals surface area contributed by atoms with Crippen LogP contribution >= 0.6 is 0 Å². The predicted octanol–water partition coefficient (Wildman–Crippen LogP) is 3.18. The van der Waals surface area contributed by atoms with Gasteiger partial charge in [0, 0.05) is 17.2 Å². The molecule has 2 saturated carbocycles. The Kier molecular flexibility index (Phi) is 2.52. The number of fused-ring (bicyclic) bond motifs is 1. The minimum Gasteiger partial charge on any atom is -0.497 e. The molecule has 2 aromatic rings. The summed E-state index contributed by atoms with van der Waals surface area (Å²) < 4.78 is 5.21. The normalized spacial score (nSPS) is 27.4. The fourth-order valence-corrected chi connectivity index (χ4v) is 3.68. The zero-order valence-electron chi connectivity index (χ0n) is 11.6. The average Bonchev–Trinajstić information content (AvgIpc) is 2.91. The second-order valence-corrected chi connectivity index (χ2v) is 6.05. The van der Waals surface area contributed by atoms with Gasteiger partial charge >= 0.3 is 0 Å². The Bertz CT molecular complexity index is 622. The molecule has 20 heavy (non-hydrogen) atoms. The number of aromatic amines is 1. The summed E-state index contributed by atoms with van der Waals surface area (Å²) in [4.78, 5) is 0. The van der Waals surface area contributed by atoms with Crippen molar-refractivity contribution in [2.24, 2.45) is 11.8 Å². The van der Waals surface area contributed by atoms with Crippen molar-refractivity contribution in [3.63, 3.8) is 0 Å². The molecule has 104 valence electrons. The molecule has 1 heterocycles. The summed E-state index contributed by atoms with van der Waals surface area (Å²) in [5.74, 6) is 3.97. The van der Waals surface area contributed by atoms with Crippen molar-refractivity contribution >= 4 is 5.82 Å². The molecule has 2 aliphatic carbocycles. The highest BCUT2D eigenvalue weighted by Gasteiger charge is 2.47. The highest BCUT2D eigenvalue weighted by molar-refractivity contribution is 5.77. The molecule has 0 amide bonds. The lowest BCUT2D eigenvalue weighted by atomic mass is 9.93. The zero-order chi connectivity index (χ0) is 13.7. The van der Waals surface area contributed by atoms with Gasteiger partial charge in [-0.05, 0) is 48.8 Å². The van der Waals surface area contributed by atoms with Gasteiger partial charge in [0.2, 0.25) is 0 Å². The molecule has 0 bridgehead atoms. The van der Waals surface area contributed by atoms with Gasteiger partial charge in [-0.25, -0.2) is 0 Å². The van der Waals surface area contributed by atoms with E-state index in [0.717, 1.165) is 28.7 Å². The number of anilines is 1. The number of hydrogen-bond donors (Lipinski definition) is 2. The molecule has 0 saturated heterocycles. The van der Waals surface area contributed by atoms with Gasteiger partial charge in [-0.2, -0.15) is 5.10 Å². The maximum absolute atomic E-state index is 6.08. The molecule has 0 spiro atoms. The lowest BCUT2D eigenvalue weighted by Gasteiger charge is -2.13. The van der Waals surface area contributed by atoms with E-state index in [2.05, 4.69) is 22.3 Å². The summed E-state index contributed by atoms with van der Waals surface area (Å²) in [5.41, 5.74) is 9.51. The summed E-state index contributed by atoms with van der Waals surface area (Å²) in [7, 11) is 1.68. The number of ether oxygens (including phenoxy) is 1. The van der Waals surface area contributed by atoms with Crippen LogP contribution in [0.25, 0.3) is 11.1 Å². The third-order valence-corrected chi connectivity index (χ3v) is 4.85. The van der Waals surface area contributed by atoms with E-state index in [1.54, 1.807) is 7.11 Å². The molecule has 4 rings (SSSR count). The third-order valence-electron chi connectivity index (χ3n) is 4.85. The van der Waals surface area contributed by atoms with Gasteiger partial charge in [0.1, 0.15) is 5.75 Å². The second kappa shape index (κ2) is 4.27. The molecule has 2 unspecified atom stereocenters. The summed E-state index contributed by atoms with van der Waals surface area (Å²) in [6.07, 6.45) is 4.00. The lowest BCUT2D eigenvalue weighted by molar-refractivity contribution is 0.415. The molecular formula is C16H19N3O. The summed E-state index contributed by atoms with van der Waals surface area (Å²) >= 11 is 0. The minimum absolute atomic E-state index is 0.598. The van der Waals surface area contributed by atoms with Crippen molar-refractivity contribution in [2.75, 3.05) is 12.8 Å². The first-order valence-electron chi connectivity index (χ1n) is 7.24. The maximum Gasteiger partial charge on any atom is 0.153 e. The number of methoxy groups -OCH3 is 1. The van der Waals surface area contributed by atoms with Crippen LogP contribution in [-0.2, 0) is 0 Å². The van der Waals surface area contributed by atoms with E-state index >= 15 is 0 Å². The number of H-pyrrole nitrogens is 1. The maximum atomic E-state index is 6.08. The quantitative estimate of drug-likeness (QED) is 0.899. The Hall–Kier alpha value is -1.97. The SMILES string of the molecule is COc1ccc(-c2c(N)n[nH]c2C2CC3CC3C2)cc1. The van der Waals surface area contributed by atoms with E-state index < -0.39 is 0 Å². The standard InChI is InChI=1S/C16H19N3O/c1-20-13-4-2-9(3-5-13)14-15(18-19-16(14)17)12-7-10-6-11(10)8-12/h2-5,10-12H,6-8H2,1H3,(H3,17,18,19). The lowest BCUT2D eigenvalue weighted by Crippen LogP contribution is -1.99. The van der Waals surface area contributed by atoms with Crippen molar-refractivity contribution < 1.29 is 4.74 Å². The average molecular weight is 269 g/mol. The molecule has 0 aliphatic heterocycles. The van der Waals surface area contributed by atoms with Crippen LogP contribution in [-0.4, -0.2) is 17.3 Å². The number of nitrogens with one attached hydrogen (secondary N) is 1. The first kappa shape index (κ1) is 11.8.